The topological polar surface area (TPSA) is 52.6 Å². The molecule has 3 aromatic rings. The van der Waals surface area contributed by atoms with Gasteiger partial charge in [0.05, 0.1) is 21.9 Å². The van der Waals surface area contributed by atoms with E-state index in [1.807, 2.05) is 55.5 Å². The minimum absolute atomic E-state index is 0.163. The Morgan fingerprint density at radius 1 is 1.00 bits per heavy atom. The lowest BCUT2D eigenvalue weighted by molar-refractivity contribution is -0.152. The van der Waals surface area contributed by atoms with Gasteiger partial charge in [0, 0.05) is 10.3 Å². The number of carbonyl (C=O) groups excluding carboxylic acids is 2. The standard InChI is InChI=1S/C30H27ClO4S/c1-2-34-28(33)30(17-18-30)29(15-13-23(14-16-29)22-11-7-4-8-12-22)26-24(19-25(31)36-26)27(32)35-20-21-9-5-3-6-10-21/h3-15,19H,2,16-18,20H2,1H3. The minimum Gasteiger partial charge on any atom is -0.466 e. The van der Waals surface area contributed by atoms with Crippen molar-refractivity contribution in [3.8, 4) is 0 Å². The van der Waals surface area contributed by atoms with Crippen LogP contribution in [0.15, 0.2) is 85.0 Å². The summed E-state index contributed by atoms with van der Waals surface area (Å²) in [6.07, 6.45) is 8.25. The molecule has 2 aromatic carbocycles. The molecule has 2 aliphatic carbocycles. The molecule has 5 rings (SSSR count). The zero-order valence-corrected chi connectivity index (χ0v) is 21.6. The lowest BCUT2D eigenvalue weighted by Gasteiger charge is -2.39. The van der Waals surface area contributed by atoms with Gasteiger partial charge in [-0.25, -0.2) is 4.79 Å². The third kappa shape index (κ3) is 4.42. The van der Waals surface area contributed by atoms with Crippen molar-refractivity contribution in [3.63, 3.8) is 0 Å². The van der Waals surface area contributed by atoms with E-state index in [0.717, 1.165) is 21.6 Å². The van der Waals surface area contributed by atoms with Crippen molar-refractivity contribution < 1.29 is 19.1 Å². The van der Waals surface area contributed by atoms with E-state index in [2.05, 4.69) is 30.4 Å². The van der Waals surface area contributed by atoms with Crippen molar-refractivity contribution >= 4 is 40.4 Å². The fraction of sp³-hybridized carbons (Fsp3) is 0.267. The molecule has 36 heavy (non-hydrogen) atoms. The van der Waals surface area contributed by atoms with Crippen LogP contribution in [0.2, 0.25) is 4.34 Å². The number of allylic oxidation sites excluding steroid dienone is 4. The number of benzene rings is 2. The Bertz CT molecular complexity index is 1320. The van der Waals surface area contributed by atoms with Gasteiger partial charge in [-0.15, -0.1) is 11.3 Å². The van der Waals surface area contributed by atoms with Crippen LogP contribution in [0.4, 0.5) is 0 Å². The smallest absolute Gasteiger partial charge is 0.339 e. The van der Waals surface area contributed by atoms with Gasteiger partial charge in [0.25, 0.3) is 0 Å². The second kappa shape index (κ2) is 10.1. The quantitative estimate of drug-likeness (QED) is 0.292. The average molecular weight is 519 g/mol. The van der Waals surface area contributed by atoms with Crippen LogP contribution < -0.4 is 0 Å². The second-order valence-corrected chi connectivity index (χ2v) is 10.9. The van der Waals surface area contributed by atoms with Crippen LogP contribution in [0, 0.1) is 5.41 Å². The van der Waals surface area contributed by atoms with E-state index in [9.17, 15) is 9.59 Å². The first-order valence-corrected chi connectivity index (χ1v) is 13.3. The molecule has 1 unspecified atom stereocenters. The van der Waals surface area contributed by atoms with Crippen LogP contribution in [-0.2, 0) is 26.3 Å². The molecule has 0 spiro atoms. The van der Waals surface area contributed by atoms with Crippen LogP contribution in [0.3, 0.4) is 0 Å². The molecule has 1 heterocycles. The summed E-state index contributed by atoms with van der Waals surface area (Å²) in [5, 5.41) is 0. The van der Waals surface area contributed by atoms with Crippen LogP contribution >= 0.6 is 22.9 Å². The molecule has 6 heteroatoms. The van der Waals surface area contributed by atoms with Crippen LogP contribution in [-0.4, -0.2) is 18.5 Å². The third-order valence-corrected chi connectivity index (χ3v) is 8.55. The SMILES string of the molecule is CCOC(=O)C1(C2(c3sc(Cl)cc3C(=O)OCc3ccccc3)C=CC(c3ccccc3)=CC2)CC1. The van der Waals surface area contributed by atoms with Crippen LogP contribution in [0.1, 0.15) is 52.5 Å². The molecular formula is C30H27ClO4S. The zero-order valence-electron chi connectivity index (χ0n) is 20.0. The van der Waals surface area contributed by atoms with Gasteiger partial charge in [-0.3, -0.25) is 4.79 Å². The molecule has 0 N–H and O–H groups in total. The highest BCUT2D eigenvalue weighted by atomic mass is 35.5. The number of rotatable bonds is 8. The molecule has 1 saturated carbocycles. The van der Waals surface area contributed by atoms with Gasteiger partial charge in [0.1, 0.15) is 6.61 Å². The van der Waals surface area contributed by atoms with Gasteiger partial charge in [-0.05, 0) is 49.0 Å². The molecule has 0 radical (unpaired) electrons. The third-order valence-electron chi connectivity index (χ3n) is 7.11. The summed E-state index contributed by atoms with van der Waals surface area (Å²) in [5.41, 5.74) is 2.04. The lowest BCUT2D eigenvalue weighted by Crippen LogP contribution is -2.42. The molecule has 1 fully saturated rings. The van der Waals surface area contributed by atoms with Gasteiger partial charge >= 0.3 is 11.9 Å². The Kier molecular flexibility index (Phi) is 6.87. The highest BCUT2D eigenvalue weighted by molar-refractivity contribution is 7.16. The molecule has 2 aliphatic rings. The second-order valence-electron chi connectivity index (χ2n) is 9.19. The Morgan fingerprint density at radius 2 is 1.69 bits per heavy atom. The predicted octanol–water partition coefficient (Wildman–Crippen LogP) is 7.38. The number of ether oxygens (including phenoxy) is 2. The van der Waals surface area contributed by atoms with E-state index < -0.39 is 16.8 Å². The summed E-state index contributed by atoms with van der Waals surface area (Å²) in [7, 11) is 0. The number of hydrogen-bond donors (Lipinski definition) is 0. The minimum atomic E-state index is -0.740. The van der Waals surface area contributed by atoms with Gasteiger partial charge in [0.2, 0.25) is 0 Å². The first-order chi connectivity index (χ1) is 17.5. The number of hydrogen-bond acceptors (Lipinski definition) is 5. The first kappa shape index (κ1) is 24.5. The Morgan fingerprint density at radius 3 is 2.31 bits per heavy atom. The van der Waals surface area contributed by atoms with Crippen LogP contribution in [0.25, 0.3) is 5.57 Å². The maximum absolute atomic E-state index is 13.3. The van der Waals surface area contributed by atoms with E-state index in [1.165, 1.54) is 11.3 Å². The number of halogens is 1. The van der Waals surface area contributed by atoms with Crippen molar-refractivity contribution in [2.45, 2.75) is 38.2 Å². The zero-order chi connectivity index (χ0) is 25.2. The van der Waals surface area contributed by atoms with E-state index in [4.69, 9.17) is 21.1 Å². The number of thiophene rings is 1. The van der Waals surface area contributed by atoms with E-state index in [-0.39, 0.29) is 12.6 Å². The molecule has 0 bridgehead atoms. The van der Waals surface area contributed by atoms with Gasteiger partial charge in [-0.1, -0.05) is 90.5 Å². The molecule has 1 aromatic heterocycles. The predicted molar refractivity (Wildman–Crippen MR) is 143 cm³/mol. The van der Waals surface area contributed by atoms with Gasteiger partial charge in [-0.2, -0.15) is 0 Å². The molecule has 0 amide bonds. The fourth-order valence-electron chi connectivity index (χ4n) is 5.10. The van der Waals surface area contributed by atoms with Gasteiger partial charge < -0.3 is 9.47 Å². The molecule has 0 saturated heterocycles. The number of carbonyl (C=O) groups is 2. The van der Waals surface area contributed by atoms with Gasteiger partial charge in [0.15, 0.2) is 0 Å². The first-order valence-electron chi connectivity index (χ1n) is 12.1. The summed E-state index contributed by atoms with van der Waals surface area (Å²) >= 11 is 7.84. The number of esters is 2. The highest BCUT2D eigenvalue weighted by Gasteiger charge is 2.66. The maximum Gasteiger partial charge on any atom is 0.339 e. The molecule has 1 atom stereocenters. The summed E-state index contributed by atoms with van der Waals surface area (Å²) < 4.78 is 11.7. The summed E-state index contributed by atoms with van der Waals surface area (Å²) in [4.78, 5) is 27.4. The van der Waals surface area contributed by atoms with Crippen molar-refractivity contribution in [3.05, 3.63) is 111 Å². The molecular weight excluding hydrogens is 492 g/mol. The summed E-state index contributed by atoms with van der Waals surface area (Å²) in [6.45, 7) is 2.29. The van der Waals surface area contributed by atoms with Crippen molar-refractivity contribution in [1.82, 2.24) is 0 Å². The van der Waals surface area contributed by atoms with Crippen molar-refractivity contribution in [2.24, 2.45) is 5.41 Å². The Hall–Kier alpha value is -3.15. The molecule has 4 nitrogen and oxygen atoms in total. The summed E-state index contributed by atoms with van der Waals surface area (Å²) in [5.74, 6) is -0.665. The largest absolute Gasteiger partial charge is 0.466 e. The van der Waals surface area contributed by atoms with Crippen molar-refractivity contribution in [1.29, 1.82) is 0 Å². The normalized spacial score (nSPS) is 19.9. The summed E-state index contributed by atoms with van der Waals surface area (Å²) in [6, 6.07) is 21.4. The van der Waals surface area contributed by atoms with E-state index in [1.54, 1.807) is 6.07 Å². The maximum atomic E-state index is 13.3. The monoisotopic (exact) mass is 518 g/mol. The fourth-order valence-corrected chi connectivity index (χ4v) is 6.59. The average Bonchev–Trinajstić information content (AvgIpc) is 3.65. The van der Waals surface area contributed by atoms with E-state index >= 15 is 0 Å². The Labute approximate surface area is 220 Å². The lowest BCUT2D eigenvalue weighted by atomic mass is 9.65. The highest BCUT2D eigenvalue weighted by Crippen LogP contribution is 2.65. The van der Waals surface area contributed by atoms with Crippen molar-refractivity contribution in [2.75, 3.05) is 6.61 Å². The molecule has 0 aliphatic heterocycles. The van der Waals surface area contributed by atoms with E-state index in [0.29, 0.717) is 35.8 Å². The molecule has 184 valence electrons. The Balaban J connectivity index is 1.53. The van der Waals surface area contributed by atoms with Crippen LogP contribution in [0.5, 0.6) is 0 Å².